The monoisotopic (exact) mass is 357 g/mol. The van der Waals surface area contributed by atoms with Gasteiger partial charge < -0.3 is 4.74 Å². The Labute approximate surface area is 160 Å². The van der Waals surface area contributed by atoms with Gasteiger partial charge in [-0.2, -0.15) is 5.26 Å². The lowest BCUT2D eigenvalue weighted by Crippen LogP contribution is -2.01. The van der Waals surface area contributed by atoms with Gasteiger partial charge in [0.1, 0.15) is 0 Å². The minimum atomic E-state index is 0.435. The van der Waals surface area contributed by atoms with Crippen LogP contribution in [0.4, 0.5) is 0 Å². The summed E-state index contributed by atoms with van der Waals surface area (Å²) in [5.41, 5.74) is 4.88. The average molecular weight is 357 g/mol. The quantitative estimate of drug-likeness (QED) is 0.489. The van der Waals surface area contributed by atoms with E-state index in [9.17, 15) is 0 Å². The molecule has 0 aliphatic rings. The summed E-state index contributed by atoms with van der Waals surface area (Å²) in [6.07, 6.45) is 8.27. The Kier molecular flexibility index (Phi) is 6.54. The van der Waals surface area contributed by atoms with E-state index in [1.54, 1.807) is 12.4 Å². The van der Waals surface area contributed by atoms with Crippen LogP contribution in [-0.4, -0.2) is 16.6 Å². The first-order valence-electron chi connectivity index (χ1n) is 9.36. The molecule has 4 nitrogen and oxygen atoms in total. The zero-order valence-electron chi connectivity index (χ0n) is 15.6. The predicted molar refractivity (Wildman–Crippen MR) is 107 cm³/mol. The van der Waals surface area contributed by atoms with E-state index in [0.717, 1.165) is 28.7 Å². The Morgan fingerprint density at radius 3 is 1.89 bits per heavy atom. The van der Waals surface area contributed by atoms with E-state index >= 15 is 0 Å². The molecule has 3 aromatic rings. The smallest absolute Gasteiger partial charge is 0.316 e. The van der Waals surface area contributed by atoms with Crippen LogP contribution in [0, 0.1) is 11.3 Å². The van der Waals surface area contributed by atoms with Crippen molar-refractivity contribution in [1.29, 1.82) is 5.26 Å². The minimum absolute atomic E-state index is 0.435. The second-order valence-corrected chi connectivity index (χ2v) is 6.43. The Balaban J connectivity index is 1.62. The second-order valence-electron chi connectivity index (χ2n) is 6.43. The highest BCUT2D eigenvalue weighted by atomic mass is 16.5. The highest BCUT2D eigenvalue weighted by Gasteiger charge is 2.03. The first kappa shape index (κ1) is 18.6. The fraction of sp³-hybridized carbons (Fsp3) is 0.261. The van der Waals surface area contributed by atoms with Gasteiger partial charge in [0.25, 0.3) is 0 Å². The number of hydrogen-bond donors (Lipinski definition) is 0. The van der Waals surface area contributed by atoms with Crippen molar-refractivity contribution in [3.8, 4) is 34.3 Å². The van der Waals surface area contributed by atoms with E-state index in [4.69, 9.17) is 10.00 Å². The maximum absolute atomic E-state index is 8.89. The fourth-order valence-electron chi connectivity index (χ4n) is 2.82. The molecular weight excluding hydrogens is 334 g/mol. The van der Waals surface area contributed by atoms with Gasteiger partial charge in [-0.15, -0.1) is 0 Å². The van der Waals surface area contributed by atoms with Gasteiger partial charge in [0, 0.05) is 18.0 Å². The van der Waals surface area contributed by atoms with Crippen LogP contribution >= 0.6 is 0 Å². The molecule has 0 atom stereocenters. The van der Waals surface area contributed by atoms with Gasteiger partial charge >= 0.3 is 6.01 Å². The largest absolute Gasteiger partial charge is 0.463 e. The van der Waals surface area contributed by atoms with E-state index < -0.39 is 0 Å². The maximum Gasteiger partial charge on any atom is 0.316 e. The zero-order valence-corrected chi connectivity index (χ0v) is 15.6. The van der Waals surface area contributed by atoms with Crippen molar-refractivity contribution >= 4 is 0 Å². The van der Waals surface area contributed by atoms with E-state index in [1.807, 2.05) is 24.3 Å². The molecule has 3 rings (SSSR count). The summed E-state index contributed by atoms with van der Waals surface area (Å²) in [5, 5.41) is 8.89. The summed E-state index contributed by atoms with van der Waals surface area (Å²) in [4.78, 5) is 8.62. The van der Waals surface area contributed by atoms with E-state index in [2.05, 4.69) is 47.2 Å². The van der Waals surface area contributed by atoms with Crippen molar-refractivity contribution in [2.24, 2.45) is 0 Å². The molecule has 1 aromatic heterocycles. The lowest BCUT2D eigenvalue weighted by Gasteiger charge is -2.06. The molecule has 27 heavy (non-hydrogen) atoms. The van der Waals surface area contributed by atoms with Crippen LogP contribution in [0.1, 0.15) is 38.2 Å². The van der Waals surface area contributed by atoms with Crippen molar-refractivity contribution in [3.63, 3.8) is 0 Å². The molecule has 0 radical (unpaired) electrons. The molecule has 0 amide bonds. The number of hydrogen-bond acceptors (Lipinski definition) is 4. The summed E-state index contributed by atoms with van der Waals surface area (Å²) in [6.45, 7) is 2.86. The Morgan fingerprint density at radius 1 is 0.778 bits per heavy atom. The van der Waals surface area contributed by atoms with Crippen LogP contribution in [-0.2, 0) is 0 Å². The van der Waals surface area contributed by atoms with Crippen molar-refractivity contribution < 1.29 is 4.74 Å². The number of nitriles is 1. The minimum Gasteiger partial charge on any atom is -0.463 e. The van der Waals surface area contributed by atoms with Crippen LogP contribution in [0.15, 0.2) is 60.9 Å². The van der Waals surface area contributed by atoms with Gasteiger partial charge in [0.2, 0.25) is 0 Å². The third-order valence-corrected chi connectivity index (χ3v) is 4.42. The molecule has 0 bridgehead atoms. The number of aromatic nitrogens is 2. The van der Waals surface area contributed by atoms with Gasteiger partial charge in [-0.3, -0.25) is 0 Å². The van der Waals surface area contributed by atoms with Crippen molar-refractivity contribution in [1.82, 2.24) is 9.97 Å². The number of nitrogens with zero attached hydrogens (tertiary/aromatic N) is 3. The molecule has 0 fully saturated rings. The van der Waals surface area contributed by atoms with Gasteiger partial charge in [-0.05, 0) is 35.2 Å². The molecule has 0 aliphatic heterocycles. The predicted octanol–water partition coefficient (Wildman–Crippen LogP) is 5.64. The SMILES string of the molecule is CCCCCCOc1ncc(-c2ccc(-c3ccc(C#N)cc3)cc2)cn1. The topological polar surface area (TPSA) is 58.8 Å². The van der Waals surface area contributed by atoms with E-state index in [1.165, 1.54) is 19.3 Å². The number of unbranched alkanes of at least 4 members (excludes halogenated alkanes) is 3. The van der Waals surface area contributed by atoms with Crippen LogP contribution in [0.5, 0.6) is 6.01 Å². The van der Waals surface area contributed by atoms with Crippen LogP contribution in [0.25, 0.3) is 22.3 Å². The van der Waals surface area contributed by atoms with E-state index in [0.29, 0.717) is 18.2 Å². The number of ether oxygens (including phenoxy) is 1. The Bertz CT molecular complexity index is 879. The molecule has 0 N–H and O–H groups in total. The summed E-state index contributed by atoms with van der Waals surface area (Å²) in [5.74, 6) is 0. The van der Waals surface area contributed by atoms with E-state index in [-0.39, 0.29) is 0 Å². The highest BCUT2D eigenvalue weighted by molar-refractivity contribution is 5.70. The Hall–Kier alpha value is -3.19. The molecule has 136 valence electrons. The molecular formula is C23H23N3O. The summed E-state index contributed by atoms with van der Waals surface area (Å²) < 4.78 is 5.59. The fourth-order valence-corrected chi connectivity index (χ4v) is 2.82. The van der Waals surface area contributed by atoms with Crippen molar-refractivity contribution in [3.05, 3.63) is 66.5 Å². The lowest BCUT2D eigenvalue weighted by atomic mass is 10.0. The third kappa shape index (κ3) is 5.15. The average Bonchev–Trinajstić information content (AvgIpc) is 2.74. The first-order chi connectivity index (χ1) is 13.3. The second kappa shape index (κ2) is 9.49. The van der Waals surface area contributed by atoms with Crippen LogP contribution in [0.2, 0.25) is 0 Å². The van der Waals surface area contributed by atoms with Gasteiger partial charge in [-0.1, -0.05) is 62.6 Å². The molecule has 0 aliphatic carbocycles. The summed E-state index contributed by atoms with van der Waals surface area (Å²) in [7, 11) is 0. The summed E-state index contributed by atoms with van der Waals surface area (Å²) >= 11 is 0. The molecule has 2 aromatic carbocycles. The lowest BCUT2D eigenvalue weighted by molar-refractivity contribution is 0.282. The highest BCUT2D eigenvalue weighted by Crippen LogP contribution is 2.25. The molecule has 0 spiro atoms. The van der Waals surface area contributed by atoms with Crippen LogP contribution < -0.4 is 4.74 Å². The van der Waals surface area contributed by atoms with Gasteiger partial charge in [0.15, 0.2) is 0 Å². The zero-order chi connectivity index (χ0) is 18.9. The number of rotatable bonds is 8. The van der Waals surface area contributed by atoms with Gasteiger partial charge in [0.05, 0.1) is 18.2 Å². The van der Waals surface area contributed by atoms with Crippen molar-refractivity contribution in [2.45, 2.75) is 32.6 Å². The van der Waals surface area contributed by atoms with Crippen LogP contribution in [0.3, 0.4) is 0 Å². The Morgan fingerprint density at radius 2 is 1.33 bits per heavy atom. The third-order valence-electron chi connectivity index (χ3n) is 4.42. The molecule has 0 saturated carbocycles. The first-order valence-corrected chi connectivity index (χ1v) is 9.36. The molecule has 1 heterocycles. The molecule has 4 heteroatoms. The normalized spacial score (nSPS) is 10.4. The molecule has 0 unspecified atom stereocenters. The summed E-state index contributed by atoms with van der Waals surface area (Å²) in [6, 6.07) is 18.4. The maximum atomic E-state index is 8.89. The van der Waals surface area contributed by atoms with Gasteiger partial charge in [-0.25, -0.2) is 9.97 Å². The van der Waals surface area contributed by atoms with Crippen molar-refractivity contribution in [2.75, 3.05) is 6.61 Å². The standard InChI is InChI=1S/C23H23N3O/c1-2-3-4-5-14-27-23-25-16-22(17-26-23)21-12-10-20(11-13-21)19-8-6-18(15-24)7-9-19/h6-13,16-17H,2-5,14H2,1H3. The molecule has 0 saturated heterocycles. The number of benzene rings is 2.